The minimum absolute atomic E-state index is 0.0420. The largest absolute Gasteiger partial charge is 0.507 e. The summed E-state index contributed by atoms with van der Waals surface area (Å²) in [4.78, 5) is 0. The normalized spacial score (nSPS) is 12.9. The Bertz CT molecular complexity index is 528. The van der Waals surface area contributed by atoms with E-state index >= 15 is 0 Å². The number of hydrogen-bond acceptors (Lipinski definition) is 2. The molecule has 1 aromatic carbocycles. The molecule has 25 heavy (non-hydrogen) atoms. The third kappa shape index (κ3) is 5.88. The molecule has 1 rings (SSSR count). The van der Waals surface area contributed by atoms with Crippen LogP contribution in [0.4, 0.5) is 0 Å². The quantitative estimate of drug-likeness (QED) is 0.484. The maximum Gasteiger partial charge on any atom is 0.123 e. The summed E-state index contributed by atoms with van der Waals surface area (Å²) in [5, 5.41) is 11.1. The fourth-order valence-corrected chi connectivity index (χ4v) is 3.67. The molecular formula is C23H38O2. The van der Waals surface area contributed by atoms with Crippen LogP contribution in [-0.2, 0) is 15.6 Å². The Balaban J connectivity index is 3.42. The maximum absolute atomic E-state index is 11.1. The lowest BCUT2D eigenvalue weighted by molar-refractivity contribution is 0.178. The highest BCUT2D eigenvalue weighted by molar-refractivity contribution is 5.59. The second-order valence-electron chi connectivity index (χ2n) is 8.29. The molecule has 0 spiro atoms. The van der Waals surface area contributed by atoms with Gasteiger partial charge in [-0.15, -0.1) is 0 Å². The van der Waals surface area contributed by atoms with Crippen molar-refractivity contribution in [1.29, 1.82) is 0 Å². The van der Waals surface area contributed by atoms with Gasteiger partial charge in [-0.25, -0.2) is 0 Å². The van der Waals surface area contributed by atoms with E-state index in [1.807, 2.05) is 6.92 Å². The molecule has 2 nitrogen and oxygen atoms in total. The molecule has 2 heteroatoms. The van der Waals surface area contributed by atoms with Crippen molar-refractivity contribution in [2.75, 3.05) is 13.2 Å². The van der Waals surface area contributed by atoms with Gasteiger partial charge >= 0.3 is 0 Å². The first-order valence-electron chi connectivity index (χ1n) is 9.81. The first-order valence-corrected chi connectivity index (χ1v) is 9.81. The van der Waals surface area contributed by atoms with E-state index in [-0.39, 0.29) is 10.8 Å². The van der Waals surface area contributed by atoms with Crippen molar-refractivity contribution >= 4 is 6.08 Å². The van der Waals surface area contributed by atoms with Crippen molar-refractivity contribution in [1.82, 2.24) is 0 Å². The fourth-order valence-electron chi connectivity index (χ4n) is 3.67. The van der Waals surface area contributed by atoms with Crippen LogP contribution in [0.25, 0.3) is 6.08 Å². The Morgan fingerprint density at radius 2 is 1.40 bits per heavy atom. The zero-order chi connectivity index (χ0) is 19.1. The maximum atomic E-state index is 11.1. The fraction of sp³-hybridized carbons (Fsp3) is 0.652. The van der Waals surface area contributed by atoms with Gasteiger partial charge in [0.1, 0.15) is 5.75 Å². The number of phenols is 1. The van der Waals surface area contributed by atoms with Crippen molar-refractivity contribution < 1.29 is 9.84 Å². The first kappa shape index (κ1) is 21.8. The number of aromatic hydroxyl groups is 1. The van der Waals surface area contributed by atoms with E-state index in [1.165, 1.54) is 0 Å². The van der Waals surface area contributed by atoms with E-state index in [0.717, 1.165) is 49.0 Å². The number of ether oxygens (including phenoxy) is 1. The van der Waals surface area contributed by atoms with Crippen LogP contribution in [0, 0.1) is 0 Å². The van der Waals surface area contributed by atoms with Gasteiger partial charge in [0.2, 0.25) is 0 Å². The highest BCUT2D eigenvalue weighted by atomic mass is 16.5. The first-order chi connectivity index (χ1) is 11.7. The van der Waals surface area contributed by atoms with Crippen molar-refractivity contribution in [3.05, 3.63) is 34.9 Å². The van der Waals surface area contributed by atoms with Crippen LogP contribution in [0.2, 0.25) is 0 Å². The van der Waals surface area contributed by atoms with Crippen LogP contribution >= 0.6 is 0 Å². The lowest BCUT2D eigenvalue weighted by Crippen LogP contribution is -2.22. The average molecular weight is 347 g/mol. The Hall–Kier alpha value is -1.28. The third-order valence-electron chi connectivity index (χ3n) is 5.07. The number of rotatable bonds is 10. The molecule has 0 aliphatic heterocycles. The van der Waals surface area contributed by atoms with Crippen LogP contribution in [0.1, 0.15) is 90.8 Å². The van der Waals surface area contributed by atoms with E-state index in [2.05, 4.69) is 65.8 Å². The van der Waals surface area contributed by atoms with Crippen LogP contribution in [0.5, 0.6) is 5.75 Å². The van der Waals surface area contributed by atoms with Crippen molar-refractivity contribution in [2.45, 2.75) is 85.0 Å². The van der Waals surface area contributed by atoms with E-state index in [0.29, 0.717) is 12.4 Å². The summed E-state index contributed by atoms with van der Waals surface area (Å²) in [6.45, 7) is 16.7. The molecule has 0 radical (unpaired) electrons. The van der Waals surface area contributed by atoms with E-state index < -0.39 is 0 Å². The molecule has 0 amide bonds. The summed E-state index contributed by atoms with van der Waals surface area (Å²) in [6.07, 6.45) is 8.49. The summed E-state index contributed by atoms with van der Waals surface area (Å²) in [5.41, 5.74) is 3.19. The lowest BCUT2D eigenvalue weighted by atomic mass is 9.73. The highest BCUT2D eigenvalue weighted by Crippen LogP contribution is 2.43. The molecule has 0 saturated heterocycles. The predicted molar refractivity (Wildman–Crippen MR) is 110 cm³/mol. The van der Waals surface area contributed by atoms with Gasteiger partial charge in [0.15, 0.2) is 0 Å². The molecule has 1 N–H and O–H groups in total. The molecule has 0 unspecified atom stereocenters. The lowest BCUT2D eigenvalue weighted by Gasteiger charge is -2.32. The summed E-state index contributed by atoms with van der Waals surface area (Å²) < 4.78 is 5.41. The molecule has 142 valence electrons. The molecule has 0 heterocycles. The van der Waals surface area contributed by atoms with E-state index in [1.54, 1.807) is 0 Å². The van der Waals surface area contributed by atoms with Gasteiger partial charge in [0.05, 0.1) is 6.61 Å². The Labute approximate surface area is 155 Å². The van der Waals surface area contributed by atoms with Crippen LogP contribution in [0.15, 0.2) is 18.2 Å². The third-order valence-corrected chi connectivity index (χ3v) is 5.07. The van der Waals surface area contributed by atoms with Crippen molar-refractivity contribution in [3.63, 3.8) is 0 Å². The SMILES string of the molecule is CCCC(C)(C)c1cc(C=CCOCC)cc(C(C)(C)CCC)c1O. The number of hydrogen-bond donors (Lipinski definition) is 1. The van der Waals surface area contributed by atoms with Crippen molar-refractivity contribution in [2.24, 2.45) is 0 Å². The standard InChI is InChI=1S/C23H38O2/c1-8-13-22(4,5)19-16-18(12-11-15-25-10-3)17-20(21(19)24)23(6,7)14-9-2/h11-12,16-17,24H,8-10,13-15H2,1-7H3. The Morgan fingerprint density at radius 3 is 1.80 bits per heavy atom. The van der Waals surface area contributed by atoms with Gasteiger partial charge in [0.25, 0.3) is 0 Å². The van der Waals surface area contributed by atoms with Crippen molar-refractivity contribution in [3.8, 4) is 5.75 Å². The molecular weight excluding hydrogens is 308 g/mol. The van der Waals surface area contributed by atoms with Gasteiger partial charge < -0.3 is 9.84 Å². The Morgan fingerprint density at radius 1 is 0.920 bits per heavy atom. The second-order valence-corrected chi connectivity index (χ2v) is 8.29. The predicted octanol–water partition coefficient (Wildman–Crippen LogP) is 6.60. The van der Waals surface area contributed by atoms with Crippen LogP contribution in [-0.4, -0.2) is 18.3 Å². The molecule has 0 aliphatic carbocycles. The second kappa shape index (κ2) is 9.43. The summed E-state index contributed by atoms with van der Waals surface area (Å²) in [6, 6.07) is 4.30. The Kier molecular flexibility index (Phi) is 8.21. The van der Waals surface area contributed by atoms with Gasteiger partial charge in [0, 0.05) is 17.7 Å². The minimum Gasteiger partial charge on any atom is -0.507 e. The van der Waals surface area contributed by atoms with E-state index in [9.17, 15) is 5.11 Å². The zero-order valence-corrected chi connectivity index (χ0v) is 17.4. The number of benzene rings is 1. The molecule has 0 atom stereocenters. The van der Waals surface area contributed by atoms with Gasteiger partial charge in [-0.05, 0) is 48.3 Å². The summed E-state index contributed by atoms with van der Waals surface area (Å²) in [5.74, 6) is 0.485. The molecule has 0 aromatic heterocycles. The smallest absolute Gasteiger partial charge is 0.123 e. The molecule has 1 aromatic rings. The van der Waals surface area contributed by atoms with Crippen LogP contribution < -0.4 is 0 Å². The summed E-state index contributed by atoms with van der Waals surface area (Å²) in [7, 11) is 0. The van der Waals surface area contributed by atoms with E-state index in [4.69, 9.17) is 4.74 Å². The molecule has 0 bridgehead atoms. The zero-order valence-electron chi connectivity index (χ0n) is 17.4. The minimum atomic E-state index is -0.0420. The average Bonchev–Trinajstić information content (AvgIpc) is 2.52. The highest BCUT2D eigenvalue weighted by Gasteiger charge is 2.30. The summed E-state index contributed by atoms with van der Waals surface area (Å²) >= 11 is 0. The van der Waals surface area contributed by atoms with Gasteiger partial charge in [-0.3, -0.25) is 0 Å². The number of phenolic OH excluding ortho intramolecular Hbond substituents is 1. The monoisotopic (exact) mass is 346 g/mol. The van der Waals surface area contributed by atoms with Gasteiger partial charge in [-0.2, -0.15) is 0 Å². The van der Waals surface area contributed by atoms with Gasteiger partial charge in [-0.1, -0.05) is 66.5 Å². The topological polar surface area (TPSA) is 29.5 Å². The van der Waals surface area contributed by atoms with Crippen LogP contribution in [0.3, 0.4) is 0 Å². The molecule has 0 fully saturated rings. The molecule has 0 saturated carbocycles. The molecule has 0 aliphatic rings.